The van der Waals surface area contributed by atoms with Crippen molar-refractivity contribution >= 4 is 33.4 Å². The van der Waals surface area contributed by atoms with Crippen LogP contribution in [0.1, 0.15) is 26.6 Å². The van der Waals surface area contributed by atoms with Crippen LogP contribution in [-0.4, -0.2) is 52.1 Å². The summed E-state index contributed by atoms with van der Waals surface area (Å²) in [7, 11) is 0. The Hall–Kier alpha value is -3.20. The molecular formula is C25H25N5O2S. The zero-order valence-corrected chi connectivity index (χ0v) is 19.5. The lowest BCUT2D eigenvalue weighted by atomic mass is 10.1. The van der Waals surface area contributed by atoms with E-state index in [0.29, 0.717) is 16.2 Å². The van der Waals surface area contributed by atoms with Gasteiger partial charge in [-0.3, -0.25) is 15.0 Å². The SMILES string of the molecule is Cc1nc2ccc(C(=O)Nc3nc(-c4ccccc4)c(CN4CCOCC4)s3)cc2nc1C. The highest BCUT2D eigenvalue weighted by Crippen LogP contribution is 2.32. The van der Waals surface area contributed by atoms with Crippen LogP contribution >= 0.6 is 11.3 Å². The predicted molar refractivity (Wildman–Crippen MR) is 131 cm³/mol. The van der Waals surface area contributed by atoms with E-state index in [2.05, 4.69) is 32.3 Å². The van der Waals surface area contributed by atoms with Gasteiger partial charge in [0.25, 0.3) is 5.91 Å². The maximum atomic E-state index is 13.0. The van der Waals surface area contributed by atoms with E-state index in [1.54, 1.807) is 12.1 Å². The molecule has 1 aliphatic rings. The summed E-state index contributed by atoms with van der Waals surface area (Å²) in [6.07, 6.45) is 0. The Morgan fingerprint density at radius 3 is 2.48 bits per heavy atom. The Labute approximate surface area is 196 Å². The van der Waals surface area contributed by atoms with Crippen LogP contribution in [0.5, 0.6) is 0 Å². The van der Waals surface area contributed by atoms with Gasteiger partial charge in [0, 0.05) is 35.6 Å². The number of morpholine rings is 1. The van der Waals surface area contributed by atoms with Crippen LogP contribution in [-0.2, 0) is 11.3 Å². The average Bonchev–Trinajstić information content (AvgIpc) is 3.22. The number of aryl methyl sites for hydroxylation is 2. The van der Waals surface area contributed by atoms with E-state index in [9.17, 15) is 4.79 Å². The number of hydrogen-bond acceptors (Lipinski definition) is 7. The zero-order valence-electron chi connectivity index (χ0n) is 18.7. The van der Waals surface area contributed by atoms with E-state index >= 15 is 0 Å². The monoisotopic (exact) mass is 459 g/mol. The lowest BCUT2D eigenvalue weighted by molar-refractivity contribution is 0.0347. The third-order valence-electron chi connectivity index (χ3n) is 5.77. The lowest BCUT2D eigenvalue weighted by Crippen LogP contribution is -2.35. The van der Waals surface area contributed by atoms with Crippen LogP contribution in [0.25, 0.3) is 22.3 Å². The fraction of sp³-hybridized carbons (Fsp3) is 0.280. The topological polar surface area (TPSA) is 80.2 Å². The van der Waals surface area contributed by atoms with Crippen molar-refractivity contribution in [1.29, 1.82) is 0 Å². The van der Waals surface area contributed by atoms with Crippen molar-refractivity contribution in [2.75, 3.05) is 31.6 Å². The van der Waals surface area contributed by atoms with Gasteiger partial charge in [-0.1, -0.05) is 41.7 Å². The van der Waals surface area contributed by atoms with E-state index in [0.717, 1.165) is 65.9 Å². The molecule has 0 unspecified atom stereocenters. The van der Waals surface area contributed by atoms with Crippen molar-refractivity contribution in [1.82, 2.24) is 19.9 Å². The van der Waals surface area contributed by atoms with Crippen molar-refractivity contribution < 1.29 is 9.53 Å². The molecule has 5 rings (SSSR count). The molecule has 0 bridgehead atoms. The maximum Gasteiger partial charge on any atom is 0.257 e. The van der Waals surface area contributed by atoms with Gasteiger partial charge in [-0.25, -0.2) is 15.0 Å². The molecule has 3 heterocycles. The summed E-state index contributed by atoms with van der Waals surface area (Å²) >= 11 is 1.53. The smallest absolute Gasteiger partial charge is 0.257 e. The number of ether oxygens (including phenoxy) is 1. The van der Waals surface area contributed by atoms with Crippen LogP contribution in [0.3, 0.4) is 0 Å². The number of carbonyl (C=O) groups excluding carboxylic acids is 1. The van der Waals surface area contributed by atoms with Gasteiger partial charge in [-0.05, 0) is 32.0 Å². The number of fused-ring (bicyclic) bond motifs is 1. The summed E-state index contributed by atoms with van der Waals surface area (Å²) in [4.78, 5) is 30.5. The van der Waals surface area contributed by atoms with E-state index in [1.807, 2.05) is 38.1 Å². The van der Waals surface area contributed by atoms with Crippen molar-refractivity contribution in [3.05, 3.63) is 70.4 Å². The van der Waals surface area contributed by atoms with Gasteiger partial charge in [0.2, 0.25) is 0 Å². The van der Waals surface area contributed by atoms with Crippen LogP contribution in [0.2, 0.25) is 0 Å². The molecule has 0 saturated carbocycles. The number of rotatable bonds is 5. The van der Waals surface area contributed by atoms with Gasteiger partial charge in [0.1, 0.15) is 0 Å². The lowest BCUT2D eigenvalue weighted by Gasteiger charge is -2.26. The number of nitrogens with one attached hydrogen (secondary N) is 1. The third-order valence-corrected chi connectivity index (χ3v) is 6.73. The van der Waals surface area contributed by atoms with Gasteiger partial charge in [-0.2, -0.15) is 0 Å². The minimum absolute atomic E-state index is 0.205. The molecule has 4 aromatic rings. The van der Waals surface area contributed by atoms with Crippen LogP contribution in [0, 0.1) is 13.8 Å². The highest BCUT2D eigenvalue weighted by molar-refractivity contribution is 7.16. The second-order valence-corrected chi connectivity index (χ2v) is 9.18. The fourth-order valence-electron chi connectivity index (χ4n) is 3.84. The largest absolute Gasteiger partial charge is 0.379 e. The molecule has 168 valence electrons. The molecule has 1 amide bonds. The Morgan fingerprint density at radius 2 is 1.73 bits per heavy atom. The van der Waals surface area contributed by atoms with E-state index in [-0.39, 0.29) is 5.91 Å². The number of thiazole rings is 1. The second-order valence-electron chi connectivity index (χ2n) is 8.10. The molecule has 1 N–H and O–H groups in total. The maximum absolute atomic E-state index is 13.0. The summed E-state index contributed by atoms with van der Waals surface area (Å²) in [5.74, 6) is -0.205. The predicted octanol–water partition coefficient (Wildman–Crippen LogP) is 4.45. The molecule has 1 aliphatic heterocycles. The van der Waals surface area contributed by atoms with Crippen molar-refractivity contribution in [2.24, 2.45) is 0 Å². The number of aromatic nitrogens is 3. The number of hydrogen-bond donors (Lipinski definition) is 1. The number of amides is 1. The van der Waals surface area contributed by atoms with E-state index < -0.39 is 0 Å². The molecule has 1 fully saturated rings. The van der Waals surface area contributed by atoms with Crippen LogP contribution < -0.4 is 5.32 Å². The quantitative estimate of drug-likeness (QED) is 0.475. The zero-order chi connectivity index (χ0) is 22.8. The summed E-state index contributed by atoms with van der Waals surface area (Å²) in [6.45, 7) is 7.91. The molecule has 2 aromatic heterocycles. The number of benzene rings is 2. The van der Waals surface area contributed by atoms with Crippen molar-refractivity contribution in [2.45, 2.75) is 20.4 Å². The number of carbonyl (C=O) groups is 1. The Morgan fingerprint density at radius 1 is 1.00 bits per heavy atom. The van der Waals surface area contributed by atoms with Crippen molar-refractivity contribution in [3.63, 3.8) is 0 Å². The van der Waals surface area contributed by atoms with Gasteiger partial charge >= 0.3 is 0 Å². The van der Waals surface area contributed by atoms with Gasteiger partial charge in [-0.15, -0.1) is 0 Å². The van der Waals surface area contributed by atoms with Gasteiger partial charge < -0.3 is 4.74 Å². The second kappa shape index (κ2) is 9.35. The molecule has 1 saturated heterocycles. The average molecular weight is 460 g/mol. The molecule has 0 radical (unpaired) electrons. The van der Waals surface area contributed by atoms with Crippen LogP contribution in [0.15, 0.2) is 48.5 Å². The molecule has 2 aromatic carbocycles. The molecule has 0 spiro atoms. The summed E-state index contributed by atoms with van der Waals surface area (Å²) in [6, 6.07) is 15.5. The first-order chi connectivity index (χ1) is 16.1. The summed E-state index contributed by atoms with van der Waals surface area (Å²) in [5, 5.41) is 3.58. The highest BCUT2D eigenvalue weighted by Gasteiger charge is 2.19. The Kier molecular flexibility index (Phi) is 6.13. The van der Waals surface area contributed by atoms with Crippen LogP contribution in [0.4, 0.5) is 5.13 Å². The highest BCUT2D eigenvalue weighted by atomic mass is 32.1. The van der Waals surface area contributed by atoms with Gasteiger partial charge in [0.15, 0.2) is 5.13 Å². The van der Waals surface area contributed by atoms with E-state index in [1.165, 1.54) is 11.3 Å². The summed E-state index contributed by atoms with van der Waals surface area (Å²) in [5.41, 5.74) is 5.74. The first kappa shape index (κ1) is 21.6. The number of anilines is 1. The first-order valence-electron chi connectivity index (χ1n) is 11.0. The van der Waals surface area contributed by atoms with Gasteiger partial charge in [0.05, 0.1) is 41.3 Å². The Balaban J connectivity index is 1.42. The molecular weight excluding hydrogens is 434 g/mol. The minimum atomic E-state index is -0.205. The summed E-state index contributed by atoms with van der Waals surface area (Å²) < 4.78 is 5.48. The van der Waals surface area contributed by atoms with Crippen molar-refractivity contribution in [3.8, 4) is 11.3 Å². The molecule has 8 heteroatoms. The van der Waals surface area contributed by atoms with E-state index in [4.69, 9.17) is 9.72 Å². The molecule has 33 heavy (non-hydrogen) atoms. The first-order valence-corrected chi connectivity index (χ1v) is 11.8. The Bertz CT molecular complexity index is 1300. The molecule has 7 nitrogen and oxygen atoms in total. The molecule has 0 atom stereocenters. The third kappa shape index (κ3) is 4.78. The minimum Gasteiger partial charge on any atom is -0.379 e. The fourth-order valence-corrected chi connectivity index (χ4v) is 4.86. The number of nitrogens with zero attached hydrogens (tertiary/aromatic N) is 4. The molecule has 0 aliphatic carbocycles. The normalized spacial score (nSPS) is 14.5. The standard InChI is InChI=1S/C25H25N5O2S/c1-16-17(2)27-21-14-19(8-9-20(21)26-16)24(31)29-25-28-23(18-6-4-3-5-7-18)22(33-25)15-30-10-12-32-13-11-30/h3-9,14H,10-13,15H2,1-2H3,(H,28,29,31).